The summed E-state index contributed by atoms with van der Waals surface area (Å²) >= 11 is 0. The number of hydrogen-bond acceptors (Lipinski definition) is 3. The minimum absolute atomic E-state index is 0.0903. The molecule has 1 saturated carbocycles. The second-order valence-corrected chi connectivity index (χ2v) is 6.09. The maximum atomic E-state index is 12.0. The van der Waals surface area contributed by atoms with Crippen molar-refractivity contribution in [1.82, 2.24) is 5.32 Å². The lowest BCUT2D eigenvalue weighted by Gasteiger charge is -2.22. The average molecular weight is 302 g/mol. The number of nitrogens with one attached hydrogen (secondary N) is 1. The van der Waals surface area contributed by atoms with E-state index in [-0.39, 0.29) is 5.91 Å². The van der Waals surface area contributed by atoms with E-state index >= 15 is 0 Å². The highest BCUT2D eigenvalue weighted by atomic mass is 16.6. The first-order chi connectivity index (χ1) is 10.7. The molecule has 0 aliphatic heterocycles. The van der Waals surface area contributed by atoms with Gasteiger partial charge in [0.05, 0.1) is 6.21 Å². The predicted octanol–water partition coefficient (Wildman–Crippen LogP) is 3.43. The average Bonchev–Trinajstić information content (AvgIpc) is 2.55. The summed E-state index contributed by atoms with van der Waals surface area (Å²) in [5.41, 5.74) is 2.13. The molecule has 0 radical (unpaired) electrons. The number of oxime groups is 1. The number of benzene rings is 1. The number of nitrogens with zero attached hydrogens (tertiary/aromatic N) is 1. The Morgan fingerprint density at radius 2 is 2.09 bits per heavy atom. The molecule has 1 aromatic carbocycles. The van der Waals surface area contributed by atoms with Gasteiger partial charge >= 0.3 is 0 Å². The normalized spacial score (nSPS) is 17.4. The third-order valence-corrected chi connectivity index (χ3v) is 4.26. The fourth-order valence-electron chi connectivity index (χ4n) is 2.74. The Morgan fingerprint density at radius 1 is 1.36 bits per heavy atom. The molecule has 1 atom stereocenters. The third kappa shape index (κ3) is 5.17. The van der Waals surface area contributed by atoms with Crippen LogP contribution >= 0.6 is 0 Å². The molecule has 0 heterocycles. The van der Waals surface area contributed by atoms with Crippen LogP contribution in [0, 0.1) is 12.8 Å². The molecule has 120 valence electrons. The van der Waals surface area contributed by atoms with Gasteiger partial charge in [-0.2, -0.15) is 0 Å². The van der Waals surface area contributed by atoms with Crippen molar-refractivity contribution in [3.8, 4) is 0 Å². The quantitative estimate of drug-likeness (QED) is 0.646. The topological polar surface area (TPSA) is 50.7 Å². The van der Waals surface area contributed by atoms with E-state index in [0.29, 0.717) is 5.92 Å². The van der Waals surface area contributed by atoms with Crippen molar-refractivity contribution in [2.75, 3.05) is 6.54 Å². The predicted molar refractivity (Wildman–Crippen MR) is 88.9 cm³/mol. The highest BCUT2D eigenvalue weighted by Crippen LogP contribution is 2.22. The van der Waals surface area contributed by atoms with E-state index in [2.05, 4.69) is 10.5 Å². The molecule has 4 nitrogen and oxygen atoms in total. The zero-order valence-corrected chi connectivity index (χ0v) is 13.5. The minimum Gasteiger partial charge on any atom is -0.383 e. The minimum atomic E-state index is -0.566. The van der Waals surface area contributed by atoms with E-state index in [1.54, 1.807) is 13.1 Å². The highest BCUT2D eigenvalue weighted by molar-refractivity contribution is 5.82. The van der Waals surface area contributed by atoms with Gasteiger partial charge < -0.3 is 10.2 Å². The number of carbonyl (C=O) groups excluding carboxylic acids is 1. The number of hydrogen-bond donors (Lipinski definition) is 1. The van der Waals surface area contributed by atoms with Crippen LogP contribution in [-0.2, 0) is 9.63 Å². The molecule has 4 heteroatoms. The zero-order chi connectivity index (χ0) is 15.8. The maximum absolute atomic E-state index is 12.0. The first-order valence-electron chi connectivity index (χ1n) is 8.19. The summed E-state index contributed by atoms with van der Waals surface area (Å²) < 4.78 is 0. The standard InChI is InChI=1S/C18H26N2O2/c1-14-8-6-7-11-17(14)13-20-22-15(2)18(21)19-12-16-9-4-3-5-10-16/h6-8,11,13,15-16H,3-5,9-10,12H2,1-2H3,(H,19,21)/b20-13+. The molecule has 0 bridgehead atoms. The van der Waals surface area contributed by atoms with Gasteiger partial charge in [0, 0.05) is 6.54 Å². The van der Waals surface area contributed by atoms with Gasteiger partial charge in [-0.1, -0.05) is 48.7 Å². The van der Waals surface area contributed by atoms with Gasteiger partial charge in [-0.3, -0.25) is 4.79 Å². The largest absolute Gasteiger partial charge is 0.383 e. The van der Waals surface area contributed by atoms with Gasteiger partial charge in [0.2, 0.25) is 6.10 Å². The molecule has 1 aliphatic rings. The lowest BCUT2D eigenvalue weighted by atomic mass is 9.89. The van der Waals surface area contributed by atoms with Crippen LogP contribution in [0.5, 0.6) is 0 Å². The highest BCUT2D eigenvalue weighted by Gasteiger charge is 2.18. The summed E-state index contributed by atoms with van der Waals surface area (Å²) in [6, 6.07) is 7.92. The lowest BCUT2D eigenvalue weighted by Crippen LogP contribution is -2.37. The van der Waals surface area contributed by atoms with Gasteiger partial charge in [-0.25, -0.2) is 0 Å². The van der Waals surface area contributed by atoms with Crippen molar-refractivity contribution in [2.45, 2.75) is 52.1 Å². The second-order valence-electron chi connectivity index (χ2n) is 6.09. The Kier molecular flexibility index (Phi) is 6.44. The summed E-state index contributed by atoms with van der Waals surface area (Å²) in [4.78, 5) is 17.2. The van der Waals surface area contributed by atoms with Crippen LogP contribution in [0.1, 0.15) is 50.2 Å². The maximum Gasteiger partial charge on any atom is 0.263 e. The molecular weight excluding hydrogens is 276 g/mol. The summed E-state index contributed by atoms with van der Waals surface area (Å²) in [6.07, 6.45) is 7.43. The second kappa shape index (κ2) is 8.57. The van der Waals surface area contributed by atoms with Crippen molar-refractivity contribution < 1.29 is 9.63 Å². The van der Waals surface area contributed by atoms with Crippen LogP contribution in [0.4, 0.5) is 0 Å². The van der Waals surface area contributed by atoms with E-state index in [9.17, 15) is 4.79 Å². The summed E-state index contributed by atoms with van der Waals surface area (Å²) in [6.45, 7) is 4.50. The third-order valence-electron chi connectivity index (χ3n) is 4.26. The summed E-state index contributed by atoms with van der Waals surface area (Å²) in [5, 5.41) is 6.91. The molecule has 1 unspecified atom stereocenters. The first kappa shape index (κ1) is 16.5. The molecule has 0 saturated heterocycles. The van der Waals surface area contributed by atoms with E-state index in [0.717, 1.165) is 17.7 Å². The Bertz CT molecular complexity index is 508. The van der Waals surface area contributed by atoms with Crippen LogP contribution in [0.15, 0.2) is 29.4 Å². The van der Waals surface area contributed by atoms with Gasteiger partial charge in [-0.15, -0.1) is 0 Å². The molecule has 0 aromatic heterocycles. The van der Waals surface area contributed by atoms with Crippen molar-refractivity contribution in [3.05, 3.63) is 35.4 Å². The molecule has 1 aromatic rings. The number of carbonyl (C=O) groups is 1. The van der Waals surface area contributed by atoms with Crippen molar-refractivity contribution in [1.29, 1.82) is 0 Å². The van der Waals surface area contributed by atoms with Crippen molar-refractivity contribution >= 4 is 12.1 Å². The number of aryl methyl sites for hydroxylation is 1. The van der Waals surface area contributed by atoms with Gasteiger partial charge in [0.15, 0.2) is 0 Å². The Hall–Kier alpha value is -1.84. The van der Waals surface area contributed by atoms with Gasteiger partial charge in [0.25, 0.3) is 5.91 Å². The van der Waals surface area contributed by atoms with Crippen LogP contribution in [0.3, 0.4) is 0 Å². The number of rotatable bonds is 6. The van der Waals surface area contributed by atoms with E-state index in [1.165, 1.54) is 32.1 Å². The van der Waals surface area contributed by atoms with Crippen LogP contribution < -0.4 is 5.32 Å². The summed E-state index contributed by atoms with van der Waals surface area (Å²) in [5.74, 6) is 0.535. The molecule has 1 aliphatic carbocycles. The number of amides is 1. The SMILES string of the molecule is Cc1ccccc1/C=N/OC(C)C(=O)NCC1CCCCC1. The van der Waals surface area contributed by atoms with Crippen molar-refractivity contribution in [2.24, 2.45) is 11.1 Å². The summed E-state index contributed by atoms with van der Waals surface area (Å²) in [7, 11) is 0. The Morgan fingerprint density at radius 3 is 2.82 bits per heavy atom. The van der Waals surface area contributed by atoms with Crippen LogP contribution in [0.25, 0.3) is 0 Å². The fourth-order valence-corrected chi connectivity index (χ4v) is 2.74. The Balaban J connectivity index is 1.73. The molecule has 1 amide bonds. The van der Waals surface area contributed by atoms with Crippen molar-refractivity contribution in [3.63, 3.8) is 0 Å². The van der Waals surface area contributed by atoms with E-state index in [1.807, 2.05) is 31.2 Å². The zero-order valence-electron chi connectivity index (χ0n) is 13.5. The molecule has 1 fully saturated rings. The monoisotopic (exact) mass is 302 g/mol. The lowest BCUT2D eigenvalue weighted by molar-refractivity contribution is -0.131. The molecule has 0 spiro atoms. The van der Waals surface area contributed by atoms with E-state index < -0.39 is 6.10 Å². The Labute approximate surface area is 132 Å². The fraction of sp³-hybridized carbons (Fsp3) is 0.556. The van der Waals surface area contributed by atoms with Crippen LogP contribution in [0.2, 0.25) is 0 Å². The molecule has 1 N–H and O–H groups in total. The van der Waals surface area contributed by atoms with E-state index in [4.69, 9.17) is 4.84 Å². The first-order valence-corrected chi connectivity index (χ1v) is 8.19. The van der Waals surface area contributed by atoms with Gasteiger partial charge in [-0.05, 0) is 43.7 Å². The molecule has 2 rings (SSSR count). The molecular formula is C18H26N2O2. The molecule has 22 heavy (non-hydrogen) atoms. The van der Waals surface area contributed by atoms with Crippen LogP contribution in [-0.4, -0.2) is 24.8 Å². The smallest absolute Gasteiger partial charge is 0.263 e. The van der Waals surface area contributed by atoms with Gasteiger partial charge in [0.1, 0.15) is 0 Å².